The minimum absolute atomic E-state index is 0.00415. The minimum Gasteiger partial charge on any atom is -0.497 e. The molecule has 0 spiro atoms. The van der Waals surface area contributed by atoms with Gasteiger partial charge in [-0.1, -0.05) is 12.1 Å². The number of carbonyl (C=O) groups is 2. The Labute approximate surface area is 159 Å². The zero-order chi connectivity index (χ0) is 19.2. The topological polar surface area (TPSA) is 59.1 Å². The Kier molecular flexibility index (Phi) is 6.08. The molecule has 3 rings (SSSR count). The van der Waals surface area contributed by atoms with E-state index in [2.05, 4.69) is 0 Å². The molecule has 2 amide bonds. The van der Waals surface area contributed by atoms with Gasteiger partial charge in [0.25, 0.3) is 11.8 Å². The van der Waals surface area contributed by atoms with Gasteiger partial charge in [-0.25, -0.2) is 0 Å². The van der Waals surface area contributed by atoms with Gasteiger partial charge in [-0.3, -0.25) is 9.59 Å². The lowest BCUT2D eigenvalue weighted by molar-refractivity contribution is 0.0535. The van der Waals surface area contributed by atoms with E-state index in [-0.39, 0.29) is 11.8 Å². The Hall–Kier alpha value is -2.86. The van der Waals surface area contributed by atoms with Crippen molar-refractivity contribution in [2.45, 2.75) is 6.61 Å². The fourth-order valence-corrected chi connectivity index (χ4v) is 3.12. The number of hydrogen-bond donors (Lipinski definition) is 0. The zero-order valence-electron chi connectivity index (χ0n) is 15.7. The number of benzene rings is 2. The van der Waals surface area contributed by atoms with Gasteiger partial charge in [0.2, 0.25) is 0 Å². The first-order valence-corrected chi connectivity index (χ1v) is 8.93. The summed E-state index contributed by atoms with van der Waals surface area (Å²) >= 11 is 0. The Morgan fingerprint density at radius 3 is 1.63 bits per heavy atom. The van der Waals surface area contributed by atoms with Gasteiger partial charge >= 0.3 is 0 Å². The van der Waals surface area contributed by atoms with Crippen LogP contribution in [0.25, 0.3) is 0 Å². The highest BCUT2D eigenvalue weighted by molar-refractivity contribution is 5.96. The molecule has 2 aromatic carbocycles. The number of amides is 2. The molecule has 0 bridgehead atoms. The Morgan fingerprint density at radius 2 is 1.22 bits per heavy atom. The molecule has 6 nitrogen and oxygen atoms in total. The summed E-state index contributed by atoms with van der Waals surface area (Å²) in [6.45, 7) is 2.64. The van der Waals surface area contributed by atoms with E-state index in [0.29, 0.717) is 43.9 Å². The van der Waals surface area contributed by atoms with Crippen molar-refractivity contribution in [3.63, 3.8) is 0 Å². The summed E-state index contributed by atoms with van der Waals surface area (Å²) in [6, 6.07) is 14.5. The van der Waals surface area contributed by atoms with Gasteiger partial charge in [-0.15, -0.1) is 0 Å². The van der Waals surface area contributed by atoms with Gasteiger partial charge in [0.05, 0.1) is 13.7 Å². The number of ether oxygens (including phenoxy) is 2. The maximum Gasteiger partial charge on any atom is 0.253 e. The third kappa shape index (κ3) is 4.46. The van der Waals surface area contributed by atoms with Crippen LogP contribution in [0.1, 0.15) is 26.3 Å². The first kappa shape index (κ1) is 18.9. The highest BCUT2D eigenvalue weighted by Crippen LogP contribution is 2.16. The second kappa shape index (κ2) is 8.68. The molecule has 1 aliphatic heterocycles. The van der Waals surface area contributed by atoms with Crippen LogP contribution in [0.5, 0.6) is 5.75 Å². The average molecular weight is 368 g/mol. The third-order valence-electron chi connectivity index (χ3n) is 4.70. The van der Waals surface area contributed by atoms with Gasteiger partial charge in [-0.05, 0) is 42.0 Å². The fourth-order valence-electron chi connectivity index (χ4n) is 3.12. The quantitative estimate of drug-likeness (QED) is 0.813. The van der Waals surface area contributed by atoms with Gasteiger partial charge < -0.3 is 19.3 Å². The molecule has 142 valence electrons. The SMILES string of the molecule is COCc1ccc(C(=O)N2CCN(C(=O)c3ccc(OC)cc3)CC2)cc1. The molecule has 1 fully saturated rings. The van der Waals surface area contributed by atoms with Crippen LogP contribution in [0.15, 0.2) is 48.5 Å². The van der Waals surface area contributed by atoms with E-state index >= 15 is 0 Å². The smallest absolute Gasteiger partial charge is 0.253 e. The minimum atomic E-state index is -0.0197. The second-order valence-corrected chi connectivity index (χ2v) is 6.44. The third-order valence-corrected chi connectivity index (χ3v) is 4.70. The molecule has 1 heterocycles. The molecule has 0 aliphatic carbocycles. The zero-order valence-corrected chi connectivity index (χ0v) is 15.7. The van der Waals surface area contributed by atoms with Crippen LogP contribution in [0.2, 0.25) is 0 Å². The number of rotatable bonds is 5. The van der Waals surface area contributed by atoms with Crippen molar-refractivity contribution in [2.75, 3.05) is 40.4 Å². The van der Waals surface area contributed by atoms with Crippen molar-refractivity contribution in [3.8, 4) is 5.75 Å². The van der Waals surface area contributed by atoms with Crippen LogP contribution < -0.4 is 4.74 Å². The van der Waals surface area contributed by atoms with E-state index in [4.69, 9.17) is 9.47 Å². The van der Waals surface area contributed by atoms with E-state index in [1.165, 1.54) is 0 Å². The van der Waals surface area contributed by atoms with E-state index in [0.717, 1.165) is 11.3 Å². The summed E-state index contributed by atoms with van der Waals surface area (Å²) < 4.78 is 10.2. The first-order valence-electron chi connectivity index (χ1n) is 8.93. The number of carbonyl (C=O) groups excluding carboxylic acids is 2. The van der Waals surface area contributed by atoms with Crippen molar-refractivity contribution < 1.29 is 19.1 Å². The second-order valence-electron chi connectivity index (χ2n) is 6.44. The van der Waals surface area contributed by atoms with Crippen LogP contribution in [-0.4, -0.2) is 62.0 Å². The molecule has 0 saturated carbocycles. The normalized spacial score (nSPS) is 14.1. The molecule has 0 unspecified atom stereocenters. The highest BCUT2D eigenvalue weighted by atomic mass is 16.5. The lowest BCUT2D eigenvalue weighted by Crippen LogP contribution is -2.50. The molecular formula is C21H24N2O4. The van der Waals surface area contributed by atoms with Crippen LogP contribution in [0.4, 0.5) is 0 Å². The number of piperazine rings is 1. The number of hydrogen-bond acceptors (Lipinski definition) is 4. The van der Waals surface area contributed by atoms with Crippen molar-refractivity contribution in [2.24, 2.45) is 0 Å². The molecule has 0 radical (unpaired) electrons. The molecule has 0 atom stereocenters. The van der Waals surface area contributed by atoms with Crippen molar-refractivity contribution in [1.29, 1.82) is 0 Å². The molecule has 6 heteroatoms. The summed E-state index contributed by atoms with van der Waals surface area (Å²) in [5.41, 5.74) is 2.32. The van der Waals surface area contributed by atoms with Crippen LogP contribution in [0, 0.1) is 0 Å². The molecule has 0 N–H and O–H groups in total. The largest absolute Gasteiger partial charge is 0.497 e. The maximum atomic E-state index is 12.7. The van der Waals surface area contributed by atoms with Gasteiger partial charge in [0, 0.05) is 44.4 Å². The molecule has 2 aromatic rings. The van der Waals surface area contributed by atoms with E-state index < -0.39 is 0 Å². The van der Waals surface area contributed by atoms with Crippen LogP contribution >= 0.6 is 0 Å². The lowest BCUT2D eigenvalue weighted by Gasteiger charge is -2.35. The maximum absolute atomic E-state index is 12.7. The molecule has 27 heavy (non-hydrogen) atoms. The highest BCUT2D eigenvalue weighted by Gasteiger charge is 2.25. The van der Waals surface area contributed by atoms with Crippen molar-refractivity contribution in [1.82, 2.24) is 9.80 Å². The monoisotopic (exact) mass is 368 g/mol. The summed E-state index contributed by atoms with van der Waals surface area (Å²) in [6.07, 6.45) is 0. The molecular weight excluding hydrogens is 344 g/mol. The Bertz CT molecular complexity index is 779. The fraction of sp³-hybridized carbons (Fsp3) is 0.333. The van der Waals surface area contributed by atoms with E-state index in [1.54, 1.807) is 48.3 Å². The summed E-state index contributed by atoms with van der Waals surface area (Å²) in [5, 5.41) is 0. The Morgan fingerprint density at radius 1 is 0.778 bits per heavy atom. The molecule has 0 aromatic heterocycles. The standard InChI is InChI=1S/C21H24N2O4/c1-26-15-16-3-5-17(6-4-16)20(24)22-11-13-23(14-12-22)21(25)18-7-9-19(27-2)10-8-18/h3-10H,11-15H2,1-2H3. The summed E-state index contributed by atoms with van der Waals surface area (Å²) in [7, 11) is 3.24. The van der Waals surface area contributed by atoms with Crippen LogP contribution in [0.3, 0.4) is 0 Å². The van der Waals surface area contributed by atoms with Gasteiger partial charge in [0.15, 0.2) is 0 Å². The van der Waals surface area contributed by atoms with Crippen molar-refractivity contribution in [3.05, 3.63) is 65.2 Å². The predicted molar refractivity (Wildman–Crippen MR) is 102 cm³/mol. The lowest BCUT2D eigenvalue weighted by atomic mass is 10.1. The van der Waals surface area contributed by atoms with Gasteiger partial charge in [0.1, 0.15) is 5.75 Å². The van der Waals surface area contributed by atoms with Crippen molar-refractivity contribution >= 4 is 11.8 Å². The molecule has 1 aliphatic rings. The number of methoxy groups -OCH3 is 2. The van der Waals surface area contributed by atoms with Crippen LogP contribution in [-0.2, 0) is 11.3 Å². The molecule has 1 saturated heterocycles. The van der Waals surface area contributed by atoms with Gasteiger partial charge in [-0.2, -0.15) is 0 Å². The first-order chi connectivity index (χ1) is 13.1. The van der Waals surface area contributed by atoms with E-state index in [9.17, 15) is 9.59 Å². The predicted octanol–water partition coefficient (Wildman–Crippen LogP) is 2.44. The summed E-state index contributed by atoms with van der Waals surface area (Å²) in [5.74, 6) is 0.697. The average Bonchev–Trinajstić information content (AvgIpc) is 2.74. The Balaban J connectivity index is 1.57. The number of nitrogens with zero attached hydrogens (tertiary/aromatic N) is 2. The van der Waals surface area contributed by atoms with E-state index in [1.807, 2.05) is 24.3 Å². The summed E-state index contributed by atoms with van der Waals surface area (Å²) in [4.78, 5) is 28.9.